The summed E-state index contributed by atoms with van der Waals surface area (Å²) in [6.07, 6.45) is 3.20. The minimum Gasteiger partial charge on any atom is -0.457 e. The first kappa shape index (κ1) is 14.9. The van der Waals surface area contributed by atoms with E-state index >= 15 is 0 Å². The van der Waals surface area contributed by atoms with Gasteiger partial charge in [-0.2, -0.15) is 4.98 Å². The third-order valence-corrected chi connectivity index (χ3v) is 2.78. The van der Waals surface area contributed by atoms with E-state index in [2.05, 4.69) is 27.0 Å². The van der Waals surface area contributed by atoms with Gasteiger partial charge in [0.2, 0.25) is 5.89 Å². The summed E-state index contributed by atoms with van der Waals surface area (Å²) in [6, 6.07) is 0. The van der Waals surface area contributed by atoms with E-state index in [4.69, 9.17) is 9.26 Å². The lowest BCUT2D eigenvalue weighted by Gasteiger charge is -2.00. The van der Waals surface area contributed by atoms with E-state index in [1.807, 2.05) is 6.92 Å². The summed E-state index contributed by atoms with van der Waals surface area (Å²) < 4.78 is 11.6. The predicted octanol–water partition coefficient (Wildman–Crippen LogP) is 1.31. The number of aromatic nitrogens is 5. The molecule has 0 aliphatic heterocycles. The summed E-state index contributed by atoms with van der Waals surface area (Å²) in [6.45, 7) is 7.65. The molecule has 2 rings (SSSR count). The zero-order valence-corrected chi connectivity index (χ0v) is 12.1. The lowest BCUT2D eigenvalue weighted by atomic mass is 10.3. The van der Waals surface area contributed by atoms with Gasteiger partial charge in [-0.05, 0) is 13.3 Å². The number of carbonyl (C=O) groups is 1. The Morgan fingerprint density at radius 1 is 1.52 bits per heavy atom. The van der Waals surface area contributed by atoms with Crippen LogP contribution in [0.15, 0.2) is 17.2 Å². The van der Waals surface area contributed by atoms with Gasteiger partial charge in [0.1, 0.15) is 13.2 Å². The van der Waals surface area contributed by atoms with Crippen LogP contribution in [0.3, 0.4) is 0 Å². The highest BCUT2D eigenvalue weighted by Gasteiger charge is 2.19. The van der Waals surface area contributed by atoms with Crippen LogP contribution in [0.4, 0.5) is 0 Å². The topological polar surface area (TPSA) is 95.9 Å². The molecule has 8 heteroatoms. The Balaban J connectivity index is 2.08. The molecular formula is C13H17N5O3. The van der Waals surface area contributed by atoms with Crippen LogP contribution in [0.5, 0.6) is 0 Å². The normalized spacial score (nSPS) is 10.6. The van der Waals surface area contributed by atoms with Crippen LogP contribution < -0.4 is 0 Å². The molecular weight excluding hydrogens is 274 g/mol. The molecule has 0 aliphatic rings. The van der Waals surface area contributed by atoms with Crippen molar-refractivity contribution >= 4 is 5.97 Å². The SMILES string of the molecule is C=CCOC(=O)c1nnn(Cc2nc(CCC)no2)c1C. The first-order valence-corrected chi connectivity index (χ1v) is 6.65. The molecule has 2 aromatic rings. The number of rotatable bonds is 7. The molecule has 0 aromatic carbocycles. The van der Waals surface area contributed by atoms with Crippen molar-refractivity contribution in [3.8, 4) is 0 Å². The molecule has 0 amide bonds. The molecule has 0 bridgehead atoms. The zero-order chi connectivity index (χ0) is 15.2. The highest BCUT2D eigenvalue weighted by molar-refractivity contribution is 5.88. The fourth-order valence-corrected chi connectivity index (χ4v) is 1.71. The molecule has 2 aromatic heterocycles. The third-order valence-electron chi connectivity index (χ3n) is 2.78. The zero-order valence-electron chi connectivity index (χ0n) is 12.1. The minimum atomic E-state index is -0.532. The van der Waals surface area contributed by atoms with E-state index in [-0.39, 0.29) is 18.8 Å². The van der Waals surface area contributed by atoms with Gasteiger partial charge < -0.3 is 9.26 Å². The second kappa shape index (κ2) is 6.78. The number of ether oxygens (including phenoxy) is 1. The van der Waals surface area contributed by atoms with Crippen molar-refractivity contribution in [2.45, 2.75) is 33.2 Å². The van der Waals surface area contributed by atoms with Crippen LogP contribution in [-0.2, 0) is 17.7 Å². The molecule has 21 heavy (non-hydrogen) atoms. The van der Waals surface area contributed by atoms with Crippen molar-refractivity contribution in [1.82, 2.24) is 25.1 Å². The third kappa shape index (κ3) is 3.53. The summed E-state index contributed by atoms with van der Waals surface area (Å²) in [5, 5.41) is 11.6. The summed E-state index contributed by atoms with van der Waals surface area (Å²) >= 11 is 0. The van der Waals surface area contributed by atoms with Crippen LogP contribution in [0, 0.1) is 6.92 Å². The second-order valence-corrected chi connectivity index (χ2v) is 4.42. The Bertz CT molecular complexity index is 632. The van der Waals surface area contributed by atoms with Crippen molar-refractivity contribution in [3.05, 3.63) is 35.8 Å². The van der Waals surface area contributed by atoms with Gasteiger partial charge in [-0.3, -0.25) is 0 Å². The van der Waals surface area contributed by atoms with Crippen LogP contribution in [-0.4, -0.2) is 37.7 Å². The van der Waals surface area contributed by atoms with Gasteiger partial charge >= 0.3 is 5.97 Å². The lowest BCUT2D eigenvalue weighted by molar-refractivity contribution is 0.0542. The van der Waals surface area contributed by atoms with Gasteiger partial charge in [0.05, 0.1) is 5.69 Å². The molecule has 112 valence electrons. The van der Waals surface area contributed by atoms with Crippen LogP contribution >= 0.6 is 0 Å². The van der Waals surface area contributed by atoms with Gasteiger partial charge in [0, 0.05) is 6.42 Å². The largest absolute Gasteiger partial charge is 0.457 e. The molecule has 0 aliphatic carbocycles. The summed E-state index contributed by atoms with van der Waals surface area (Å²) in [5.74, 6) is 0.559. The van der Waals surface area contributed by atoms with E-state index in [0.29, 0.717) is 17.4 Å². The van der Waals surface area contributed by atoms with Crippen LogP contribution in [0.2, 0.25) is 0 Å². The molecule has 0 spiro atoms. The predicted molar refractivity (Wildman–Crippen MR) is 72.6 cm³/mol. The summed E-state index contributed by atoms with van der Waals surface area (Å²) in [7, 11) is 0. The fraction of sp³-hybridized carbons (Fsp3) is 0.462. The molecule has 0 saturated carbocycles. The van der Waals surface area contributed by atoms with Crippen molar-refractivity contribution in [2.75, 3.05) is 6.61 Å². The van der Waals surface area contributed by atoms with E-state index in [1.165, 1.54) is 10.8 Å². The highest BCUT2D eigenvalue weighted by atomic mass is 16.5. The average Bonchev–Trinajstić information content (AvgIpc) is 3.05. The molecule has 8 nitrogen and oxygen atoms in total. The van der Waals surface area contributed by atoms with Gasteiger partial charge in [0.15, 0.2) is 11.5 Å². The molecule has 0 radical (unpaired) electrons. The van der Waals surface area contributed by atoms with Crippen molar-refractivity contribution < 1.29 is 14.1 Å². The van der Waals surface area contributed by atoms with E-state index in [9.17, 15) is 4.79 Å². The van der Waals surface area contributed by atoms with Gasteiger partial charge in [-0.1, -0.05) is 29.9 Å². The maximum Gasteiger partial charge on any atom is 0.361 e. The van der Waals surface area contributed by atoms with Crippen molar-refractivity contribution in [3.63, 3.8) is 0 Å². The Labute approximate surface area is 121 Å². The second-order valence-electron chi connectivity index (χ2n) is 4.42. The molecule has 0 unspecified atom stereocenters. The van der Waals surface area contributed by atoms with E-state index in [0.717, 1.165) is 12.8 Å². The number of hydrogen-bond acceptors (Lipinski definition) is 7. The maximum atomic E-state index is 11.7. The molecule has 2 heterocycles. The van der Waals surface area contributed by atoms with E-state index in [1.54, 1.807) is 6.92 Å². The number of nitrogens with zero attached hydrogens (tertiary/aromatic N) is 5. The molecule has 0 N–H and O–H groups in total. The number of hydrogen-bond donors (Lipinski definition) is 0. The number of esters is 1. The first-order valence-electron chi connectivity index (χ1n) is 6.65. The monoisotopic (exact) mass is 291 g/mol. The average molecular weight is 291 g/mol. The quantitative estimate of drug-likeness (QED) is 0.560. The van der Waals surface area contributed by atoms with Crippen molar-refractivity contribution in [2.24, 2.45) is 0 Å². The molecule has 0 atom stereocenters. The Morgan fingerprint density at radius 3 is 3.05 bits per heavy atom. The highest BCUT2D eigenvalue weighted by Crippen LogP contribution is 2.09. The van der Waals surface area contributed by atoms with Gasteiger partial charge in [0.25, 0.3) is 0 Å². The Kier molecular flexibility index (Phi) is 4.81. The fourth-order valence-electron chi connectivity index (χ4n) is 1.71. The Morgan fingerprint density at radius 2 is 2.33 bits per heavy atom. The number of carbonyl (C=O) groups excluding carboxylic acids is 1. The van der Waals surface area contributed by atoms with E-state index < -0.39 is 5.97 Å². The van der Waals surface area contributed by atoms with Gasteiger partial charge in [-0.25, -0.2) is 9.48 Å². The number of aryl methyl sites for hydroxylation is 1. The van der Waals surface area contributed by atoms with Gasteiger partial charge in [-0.15, -0.1) is 5.10 Å². The van der Waals surface area contributed by atoms with Crippen LogP contribution in [0.25, 0.3) is 0 Å². The summed E-state index contributed by atoms with van der Waals surface area (Å²) in [5.41, 5.74) is 0.754. The molecule has 0 saturated heterocycles. The standard InChI is InChI=1S/C13H17N5O3/c1-4-6-10-14-11(21-16-10)8-18-9(3)12(15-17-18)13(19)20-7-5-2/h5H,2,4,6-8H2,1,3H3. The smallest absolute Gasteiger partial charge is 0.361 e. The van der Waals surface area contributed by atoms with Crippen molar-refractivity contribution in [1.29, 1.82) is 0 Å². The Hall–Kier alpha value is -2.51. The summed E-state index contributed by atoms with van der Waals surface area (Å²) in [4.78, 5) is 16.0. The lowest BCUT2D eigenvalue weighted by Crippen LogP contribution is -2.09. The van der Waals surface area contributed by atoms with Crippen LogP contribution in [0.1, 0.15) is 41.2 Å². The molecule has 0 fully saturated rings. The minimum absolute atomic E-state index is 0.134. The first-order chi connectivity index (χ1) is 10.2. The maximum absolute atomic E-state index is 11.7.